The van der Waals surface area contributed by atoms with Crippen molar-refractivity contribution in [1.29, 1.82) is 0 Å². The van der Waals surface area contributed by atoms with Crippen molar-refractivity contribution in [1.82, 2.24) is 0 Å². The van der Waals surface area contributed by atoms with Gasteiger partial charge in [-0.3, -0.25) is 4.79 Å². The molecule has 0 N–H and O–H groups in total. The number of hydrogen-bond donors (Lipinski definition) is 0. The lowest BCUT2D eigenvalue weighted by Crippen LogP contribution is -2.29. The molecule has 0 atom stereocenters. The van der Waals surface area contributed by atoms with Crippen LogP contribution in [0.1, 0.15) is 11.1 Å². The predicted molar refractivity (Wildman–Crippen MR) is 77.2 cm³/mol. The minimum atomic E-state index is -1.17. The molecule has 0 aliphatic heterocycles. The summed E-state index contributed by atoms with van der Waals surface area (Å²) in [7, 11) is 3.80. The molecule has 0 amide bonds. The summed E-state index contributed by atoms with van der Waals surface area (Å²) < 4.78 is 14.4. The van der Waals surface area contributed by atoms with Gasteiger partial charge in [0.25, 0.3) is 0 Å². The van der Waals surface area contributed by atoms with Crippen LogP contribution in [-0.4, -0.2) is 39.4 Å². The van der Waals surface area contributed by atoms with E-state index in [4.69, 9.17) is 15.9 Å². The molecule has 5 heteroatoms. The van der Waals surface area contributed by atoms with Crippen LogP contribution < -0.4 is 0 Å². The maximum absolute atomic E-state index is 12.2. The van der Waals surface area contributed by atoms with E-state index < -0.39 is 18.0 Å². The predicted octanol–water partition coefficient (Wildman–Crippen LogP) is 1.41. The molecule has 1 aromatic rings. The Balaban J connectivity index is 3.24. The standard InChI is InChI=1S/C16H16O5/c1-5-11-7-6-8-12(9-11)10-13(15(18)19-2)14(17)16(20-3)21-4/h1,6-10,16H,2-4H3. The largest absolute Gasteiger partial charge is 0.465 e. The molecule has 110 valence electrons. The van der Waals surface area contributed by atoms with Crippen LogP contribution in [0.4, 0.5) is 0 Å². The second-order valence-electron chi connectivity index (χ2n) is 3.99. The Morgan fingerprint density at radius 2 is 1.90 bits per heavy atom. The van der Waals surface area contributed by atoms with E-state index in [-0.39, 0.29) is 5.57 Å². The van der Waals surface area contributed by atoms with Crippen molar-refractivity contribution in [3.05, 3.63) is 41.0 Å². The number of rotatable bonds is 6. The highest BCUT2D eigenvalue weighted by Gasteiger charge is 2.27. The third-order valence-electron chi connectivity index (χ3n) is 2.68. The lowest BCUT2D eigenvalue weighted by molar-refractivity contribution is -0.155. The summed E-state index contributed by atoms with van der Waals surface area (Å²) in [6.45, 7) is 0. The fourth-order valence-corrected chi connectivity index (χ4v) is 1.66. The van der Waals surface area contributed by atoms with E-state index in [9.17, 15) is 9.59 Å². The maximum Gasteiger partial charge on any atom is 0.341 e. The van der Waals surface area contributed by atoms with E-state index in [0.717, 1.165) is 0 Å². The molecule has 0 aliphatic rings. The Morgan fingerprint density at radius 3 is 2.43 bits per heavy atom. The molecule has 0 spiro atoms. The number of carbonyl (C=O) groups is 2. The number of terminal acetylenes is 1. The number of ketones is 1. The van der Waals surface area contributed by atoms with Gasteiger partial charge in [0.2, 0.25) is 12.1 Å². The van der Waals surface area contributed by atoms with E-state index in [1.54, 1.807) is 24.3 Å². The number of carbonyl (C=O) groups excluding carboxylic acids is 2. The molecule has 0 aromatic heterocycles. The maximum atomic E-state index is 12.2. The molecule has 0 saturated carbocycles. The molecule has 0 aliphatic carbocycles. The molecule has 0 bridgehead atoms. The molecule has 1 aromatic carbocycles. The first kappa shape index (κ1) is 16.6. The summed E-state index contributed by atoms with van der Waals surface area (Å²) in [4.78, 5) is 24.0. The molecule has 0 radical (unpaired) electrons. The van der Waals surface area contributed by atoms with Gasteiger partial charge in [-0.05, 0) is 23.8 Å². The van der Waals surface area contributed by atoms with Crippen molar-refractivity contribution >= 4 is 17.8 Å². The van der Waals surface area contributed by atoms with Gasteiger partial charge in [0.05, 0.1) is 7.11 Å². The molecular formula is C16H16O5. The second kappa shape index (κ2) is 8.00. The zero-order chi connectivity index (χ0) is 15.8. The number of Topliss-reactive ketones (excluding diaryl/α,β-unsaturated/α-hetero) is 1. The van der Waals surface area contributed by atoms with E-state index in [2.05, 4.69) is 10.7 Å². The van der Waals surface area contributed by atoms with Crippen molar-refractivity contribution in [3.63, 3.8) is 0 Å². The van der Waals surface area contributed by atoms with Gasteiger partial charge in [-0.2, -0.15) is 0 Å². The van der Waals surface area contributed by atoms with E-state index in [1.165, 1.54) is 27.4 Å². The van der Waals surface area contributed by atoms with E-state index in [1.807, 2.05) is 0 Å². The molecule has 0 saturated heterocycles. The summed E-state index contributed by atoms with van der Waals surface area (Å²) in [6, 6.07) is 6.85. The lowest BCUT2D eigenvalue weighted by atomic mass is 10.0. The lowest BCUT2D eigenvalue weighted by Gasteiger charge is -2.13. The Hall–Kier alpha value is -2.42. The molecular weight excluding hydrogens is 272 g/mol. The Morgan fingerprint density at radius 1 is 1.24 bits per heavy atom. The van der Waals surface area contributed by atoms with Gasteiger partial charge in [0.15, 0.2) is 0 Å². The zero-order valence-corrected chi connectivity index (χ0v) is 12.1. The van der Waals surface area contributed by atoms with Crippen LogP contribution in [0.25, 0.3) is 6.08 Å². The van der Waals surface area contributed by atoms with Crippen LogP contribution in [0.3, 0.4) is 0 Å². The Bertz CT molecular complexity index is 591. The monoisotopic (exact) mass is 288 g/mol. The zero-order valence-electron chi connectivity index (χ0n) is 12.1. The smallest absolute Gasteiger partial charge is 0.341 e. The van der Waals surface area contributed by atoms with Crippen LogP contribution in [0.2, 0.25) is 0 Å². The van der Waals surface area contributed by atoms with Crippen LogP contribution in [0, 0.1) is 12.3 Å². The van der Waals surface area contributed by atoms with Crippen molar-refractivity contribution in [2.45, 2.75) is 6.29 Å². The minimum Gasteiger partial charge on any atom is -0.465 e. The molecule has 0 unspecified atom stereocenters. The second-order valence-corrected chi connectivity index (χ2v) is 3.99. The summed E-state index contributed by atoms with van der Waals surface area (Å²) in [5, 5.41) is 0. The summed E-state index contributed by atoms with van der Waals surface area (Å²) in [6.07, 6.45) is 5.53. The average molecular weight is 288 g/mol. The van der Waals surface area contributed by atoms with Crippen LogP contribution >= 0.6 is 0 Å². The van der Waals surface area contributed by atoms with Gasteiger partial charge in [-0.25, -0.2) is 4.79 Å². The van der Waals surface area contributed by atoms with Crippen molar-refractivity contribution in [2.24, 2.45) is 0 Å². The number of benzene rings is 1. The first-order chi connectivity index (χ1) is 10.1. The number of ether oxygens (including phenoxy) is 3. The van der Waals surface area contributed by atoms with Crippen LogP contribution in [-0.2, 0) is 23.8 Å². The fraction of sp³-hybridized carbons (Fsp3) is 0.250. The molecule has 0 fully saturated rings. The van der Waals surface area contributed by atoms with E-state index in [0.29, 0.717) is 11.1 Å². The third-order valence-corrected chi connectivity index (χ3v) is 2.68. The molecule has 5 nitrogen and oxygen atoms in total. The number of hydrogen-bond acceptors (Lipinski definition) is 5. The summed E-state index contributed by atoms with van der Waals surface area (Å²) >= 11 is 0. The van der Waals surface area contributed by atoms with Crippen molar-refractivity contribution < 1.29 is 23.8 Å². The van der Waals surface area contributed by atoms with Gasteiger partial charge in [-0.1, -0.05) is 18.1 Å². The highest BCUT2D eigenvalue weighted by atomic mass is 16.7. The minimum absolute atomic E-state index is 0.180. The SMILES string of the molecule is C#Cc1cccc(C=C(C(=O)OC)C(=O)C(OC)OC)c1. The van der Waals surface area contributed by atoms with Gasteiger partial charge in [0, 0.05) is 19.8 Å². The molecule has 21 heavy (non-hydrogen) atoms. The van der Waals surface area contributed by atoms with Gasteiger partial charge in [-0.15, -0.1) is 6.42 Å². The first-order valence-electron chi connectivity index (χ1n) is 6.03. The highest BCUT2D eigenvalue weighted by molar-refractivity contribution is 6.21. The first-order valence-corrected chi connectivity index (χ1v) is 6.03. The van der Waals surface area contributed by atoms with Gasteiger partial charge in [0.1, 0.15) is 5.57 Å². The van der Waals surface area contributed by atoms with Gasteiger partial charge >= 0.3 is 5.97 Å². The topological polar surface area (TPSA) is 61.8 Å². The normalized spacial score (nSPS) is 11.1. The summed E-state index contributed by atoms with van der Waals surface area (Å²) in [5.41, 5.74) is 1.06. The quantitative estimate of drug-likeness (QED) is 0.198. The number of methoxy groups -OCH3 is 3. The molecule has 1 rings (SSSR count). The van der Waals surface area contributed by atoms with Gasteiger partial charge < -0.3 is 14.2 Å². The highest BCUT2D eigenvalue weighted by Crippen LogP contribution is 2.14. The van der Waals surface area contributed by atoms with Crippen molar-refractivity contribution in [2.75, 3.05) is 21.3 Å². The van der Waals surface area contributed by atoms with Crippen LogP contribution in [0.5, 0.6) is 0 Å². The third kappa shape index (κ3) is 4.28. The molecule has 0 heterocycles. The number of esters is 1. The van der Waals surface area contributed by atoms with Crippen LogP contribution in [0.15, 0.2) is 29.8 Å². The van der Waals surface area contributed by atoms with E-state index >= 15 is 0 Å². The average Bonchev–Trinajstić information content (AvgIpc) is 2.53. The van der Waals surface area contributed by atoms with Crippen molar-refractivity contribution in [3.8, 4) is 12.3 Å². The Labute approximate surface area is 123 Å². The summed E-state index contributed by atoms with van der Waals surface area (Å²) in [5.74, 6) is 1.08. The fourth-order valence-electron chi connectivity index (χ4n) is 1.66. The Kier molecular flexibility index (Phi) is 6.34.